The van der Waals surface area contributed by atoms with Crippen molar-refractivity contribution < 1.29 is 9.84 Å². The maximum absolute atomic E-state index is 9.29. The van der Waals surface area contributed by atoms with Crippen LogP contribution in [0.1, 0.15) is 20.8 Å². The van der Waals surface area contributed by atoms with Crippen molar-refractivity contribution in [3.8, 4) is 0 Å². The first-order valence-corrected chi connectivity index (χ1v) is 3.92. The van der Waals surface area contributed by atoms with E-state index in [-0.39, 0.29) is 12.2 Å². The summed E-state index contributed by atoms with van der Waals surface area (Å²) in [5, 5.41) is 9.29. The number of aliphatic hydroxyl groups excluding tert-OH is 1. The maximum atomic E-state index is 9.29. The Hall–Kier alpha value is -0.0800. The highest BCUT2D eigenvalue weighted by Crippen LogP contribution is 2.26. The van der Waals surface area contributed by atoms with E-state index in [0.29, 0.717) is 18.4 Å². The van der Waals surface area contributed by atoms with Crippen molar-refractivity contribution in [1.82, 2.24) is 0 Å². The topological polar surface area (TPSA) is 29.5 Å². The zero-order chi connectivity index (χ0) is 7.72. The van der Waals surface area contributed by atoms with Gasteiger partial charge in [0.15, 0.2) is 0 Å². The molecule has 2 heteroatoms. The minimum atomic E-state index is -0.243. The predicted octanol–water partition coefficient (Wildman–Crippen LogP) is 1.04. The molecule has 1 aliphatic rings. The molecule has 0 aromatic heterocycles. The lowest BCUT2D eigenvalue weighted by atomic mass is 9.93. The number of rotatable bonds is 1. The van der Waals surface area contributed by atoms with Crippen LogP contribution < -0.4 is 0 Å². The Kier molecular flexibility index (Phi) is 2.32. The van der Waals surface area contributed by atoms with E-state index in [9.17, 15) is 5.11 Å². The lowest BCUT2D eigenvalue weighted by molar-refractivity contribution is 0.0559. The van der Waals surface area contributed by atoms with E-state index < -0.39 is 0 Å². The highest BCUT2D eigenvalue weighted by Gasteiger charge is 2.33. The van der Waals surface area contributed by atoms with E-state index in [4.69, 9.17) is 4.74 Å². The lowest BCUT2D eigenvalue weighted by Gasteiger charge is -2.18. The van der Waals surface area contributed by atoms with Crippen molar-refractivity contribution >= 4 is 0 Å². The SMILES string of the molecule is CC(C)C1OCC(O)C1C. The molecule has 1 heterocycles. The summed E-state index contributed by atoms with van der Waals surface area (Å²) >= 11 is 0. The average molecular weight is 144 g/mol. The van der Waals surface area contributed by atoms with Gasteiger partial charge in [-0.2, -0.15) is 0 Å². The lowest BCUT2D eigenvalue weighted by Crippen LogP contribution is -2.24. The summed E-state index contributed by atoms with van der Waals surface area (Å²) in [4.78, 5) is 0. The smallest absolute Gasteiger partial charge is 0.0824 e. The number of hydrogen-bond donors (Lipinski definition) is 1. The van der Waals surface area contributed by atoms with E-state index in [1.165, 1.54) is 0 Å². The molecular weight excluding hydrogens is 128 g/mol. The quantitative estimate of drug-likeness (QED) is 0.595. The van der Waals surface area contributed by atoms with Crippen LogP contribution in [-0.4, -0.2) is 23.9 Å². The molecule has 0 amide bonds. The van der Waals surface area contributed by atoms with E-state index in [0.717, 1.165) is 0 Å². The van der Waals surface area contributed by atoms with Gasteiger partial charge in [0.25, 0.3) is 0 Å². The number of hydrogen-bond acceptors (Lipinski definition) is 2. The molecule has 1 aliphatic heterocycles. The first-order valence-electron chi connectivity index (χ1n) is 3.92. The van der Waals surface area contributed by atoms with Gasteiger partial charge in [0.2, 0.25) is 0 Å². The third kappa shape index (κ3) is 1.32. The molecule has 0 aromatic rings. The molecular formula is C8H16O2. The molecule has 0 aromatic carbocycles. The van der Waals surface area contributed by atoms with Crippen molar-refractivity contribution in [2.45, 2.75) is 33.0 Å². The second-order valence-electron chi connectivity index (χ2n) is 3.47. The summed E-state index contributed by atoms with van der Waals surface area (Å²) in [5.74, 6) is 0.826. The summed E-state index contributed by atoms with van der Waals surface area (Å²) in [5.41, 5.74) is 0. The van der Waals surface area contributed by atoms with Gasteiger partial charge < -0.3 is 9.84 Å². The molecule has 0 aliphatic carbocycles. The van der Waals surface area contributed by atoms with Gasteiger partial charge in [-0.05, 0) is 5.92 Å². The number of ether oxygens (including phenoxy) is 1. The minimum absolute atomic E-state index is 0.243. The molecule has 0 spiro atoms. The van der Waals surface area contributed by atoms with Crippen molar-refractivity contribution in [3.63, 3.8) is 0 Å². The summed E-state index contributed by atoms with van der Waals surface area (Å²) in [6.45, 7) is 6.81. The van der Waals surface area contributed by atoms with E-state index in [2.05, 4.69) is 13.8 Å². The highest BCUT2D eigenvalue weighted by molar-refractivity contribution is 4.81. The van der Waals surface area contributed by atoms with Crippen LogP contribution in [0.4, 0.5) is 0 Å². The zero-order valence-corrected chi connectivity index (χ0v) is 6.87. The highest BCUT2D eigenvalue weighted by atomic mass is 16.5. The fourth-order valence-corrected chi connectivity index (χ4v) is 1.53. The summed E-state index contributed by atoms with van der Waals surface area (Å²) in [6.07, 6.45) is 0.0161. The van der Waals surface area contributed by atoms with Gasteiger partial charge >= 0.3 is 0 Å². The molecule has 1 N–H and O–H groups in total. The Bertz CT molecular complexity index is 112. The van der Waals surface area contributed by atoms with Gasteiger partial charge in [-0.1, -0.05) is 20.8 Å². The van der Waals surface area contributed by atoms with Crippen LogP contribution >= 0.6 is 0 Å². The molecule has 3 unspecified atom stereocenters. The minimum Gasteiger partial charge on any atom is -0.390 e. The van der Waals surface area contributed by atoms with Gasteiger partial charge in [-0.3, -0.25) is 0 Å². The fourth-order valence-electron chi connectivity index (χ4n) is 1.53. The molecule has 10 heavy (non-hydrogen) atoms. The summed E-state index contributed by atoms with van der Waals surface area (Å²) in [7, 11) is 0. The first-order chi connectivity index (χ1) is 4.63. The second-order valence-corrected chi connectivity index (χ2v) is 3.47. The predicted molar refractivity (Wildman–Crippen MR) is 39.7 cm³/mol. The second kappa shape index (κ2) is 2.89. The van der Waals surface area contributed by atoms with Gasteiger partial charge in [0.05, 0.1) is 18.8 Å². The Balaban J connectivity index is 2.49. The zero-order valence-electron chi connectivity index (χ0n) is 6.87. The van der Waals surface area contributed by atoms with Crippen molar-refractivity contribution in [1.29, 1.82) is 0 Å². The molecule has 3 atom stereocenters. The fraction of sp³-hybridized carbons (Fsp3) is 1.00. The summed E-state index contributed by atoms with van der Waals surface area (Å²) in [6, 6.07) is 0. The van der Waals surface area contributed by atoms with Crippen molar-refractivity contribution in [3.05, 3.63) is 0 Å². The third-order valence-electron chi connectivity index (χ3n) is 2.24. The monoisotopic (exact) mass is 144 g/mol. The average Bonchev–Trinajstić information content (AvgIpc) is 2.14. The molecule has 0 bridgehead atoms. The molecule has 1 fully saturated rings. The van der Waals surface area contributed by atoms with Gasteiger partial charge in [0, 0.05) is 5.92 Å². The van der Waals surface area contributed by atoms with Crippen LogP contribution in [-0.2, 0) is 4.74 Å². The van der Waals surface area contributed by atoms with Gasteiger partial charge in [0.1, 0.15) is 0 Å². The van der Waals surface area contributed by atoms with Crippen LogP contribution in [0.25, 0.3) is 0 Å². The molecule has 0 radical (unpaired) electrons. The first kappa shape index (κ1) is 8.02. The van der Waals surface area contributed by atoms with E-state index >= 15 is 0 Å². The third-order valence-corrected chi connectivity index (χ3v) is 2.24. The van der Waals surface area contributed by atoms with Gasteiger partial charge in [-0.15, -0.1) is 0 Å². The maximum Gasteiger partial charge on any atom is 0.0824 e. The van der Waals surface area contributed by atoms with Crippen LogP contribution in [0.3, 0.4) is 0 Å². The van der Waals surface area contributed by atoms with E-state index in [1.54, 1.807) is 0 Å². The molecule has 2 nitrogen and oxygen atoms in total. The normalized spacial score (nSPS) is 41.1. The van der Waals surface area contributed by atoms with Crippen LogP contribution in [0.2, 0.25) is 0 Å². The molecule has 0 saturated carbocycles. The Morgan fingerprint density at radius 1 is 1.50 bits per heavy atom. The molecule has 1 saturated heterocycles. The van der Waals surface area contributed by atoms with E-state index in [1.807, 2.05) is 6.92 Å². The number of aliphatic hydroxyl groups is 1. The molecule has 60 valence electrons. The van der Waals surface area contributed by atoms with Crippen LogP contribution in [0.15, 0.2) is 0 Å². The van der Waals surface area contributed by atoms with Crippen LogP contribution in [0, 0.1) is 11.8 Å². The molecule has 1 rings (SSSR count). The Morgan fingerprint density at radius 3 is 2.30 bits per heavy atom. The Morgan fingerprint density at radius 2 is 2.10 bits per heavy atom. The van der Waals surface area contributed by atoms with Crippen molar-refractivity contribution in [2.24, 2.45) is 11.8 Å². The summed E-state index contributed by atoms with van der Waals surface area (Å²) < 4.78 is 5.39. The standard InChI is InChI=1S/C8H16O2/c1-5(2)8-6(3)7(9)4-10-8/h5-9H,4H2,1-3H3. The Labute approximate surface area is 62.2 Å². The van der Waals surface area contributed by atoms with Crippen LogP contribution in [0.5, 0.6) is 0 Å². The largest absolute Gasteiger partial charge is 0.390 e. The van der Waals surface area contributed by atoms with Gasteiger partial charge in [-0.25, -0.2) is 0 Å². The van der Waals surface area contributed by atoms with Crippen molar-refractivity contribution in [2.75, 3.05) is 6.61 Å².